The summed E-state index contributed by atoms with van der Waals surface area (Å²) in [6.07, 6.45) is 5.11. The van der Waals surface area contributed by atoms with Gasteiger partial charge in [-0.2, -0.15) is 0 Å². The number of halogens is 1. The molecule has 0 heterocycles. The molecule has 0 unspecified atom stereocenters. The van der Waals surface area contributed by atoms with Gasteiger partial charge in [0.1, 0.15) is 0 Å². The van der Waals surface area contributed by atoms with Gasteiger partial charge >= 0.3 is 0 Å². The maximum absolute atomic E-state index is 6.24. The Morgan fingerprint density at radius 1 is 0.950 bits per heavy atom. The predicted octanol–water partition coefficient (Wildman–Crippen LogP) is 4.61. The summed E-state index contributed by atoms with van der Waals surface area (Å²) in [4.78, 5) is 0. The molecule has 0 radical (unpaired) electrons. The van der Waals surface area contributed by atoms with Gasteiger partial charge in [-0.15, -0.1) is 0 Å². The Morgan fingerprint density at radius 3 is 2.45 bits per heavy atom. The Balaban J connectivity index is 1.98. The Kier molecular flexibility index (Phi) is 4.09. The number of hydrogen-bond donors (Lipinski definition) is 1. The van der Waals surface area contributed by atoms with Crippen LogP contribution in [-0.4, -0.2) is 7.05 Å². The lowest BCUT2D eigenvalue weighted by Gasteiger charge is -2.17. The zero-order valence-electron chi connectivity index (χ0n) is 11.9. The number of hydrogen-bond acceptors (Lipinski definition) is 1. The van der Waals surface area contributed by atoms with Gasteiger partial charge in [-0.25, -0.2) is 0 Å². The molecule has 0 fully saturated rings. The lowest BCUT2D eigenvalue weighted by molar-refractivity contribution is 0.686. The van der Waals surface area contributed by atoms with Crippen LogP contribution in [0.1, 0.15) is 29.5 Å². The number of nitrogens with one attached hydrogen (secondary N) is 1. The molecule has 2 aromatic carbocycles. The van der Waals surface area contributed by atoms with Crippen molar-refractivity contribution in [2.45, 2.75) is 32.2 Å². The fraction of sp³-hybridized carbons (Fsp3) is 0.333. The van der Waals surface area contributed by atoms with Crippen LogP contribution in [0, 0.1) is 0 Å². The van der Waals surface area contributed by atoms with E-state index >= 15 is 0 Å². The largest absolute Gasteiger partial charge is 0.316 e. The van der Waals surface area contributed by atoms with E-state index in [0.717, 1.165) is 17.1 Å². The minimum absolute atomic E-state index is 0.803. The topological polar surface area (TPSA) is 12.0 Å². The van der Waals surface area contributed by atoms with E-state index in [-0.39, 0.29) is 0 Å². The highest BCUT2D eigenvalue weighted by atomic mass is 35.5. The SMILES string of the molecule is CNCc1cc(-c2ccc3c(c2)CCCC3)ccc1Cl. The van der Waals surface area contributed by atoms with E-state index in [9.17, 15) is 0 Å². The summed E-state index contributed by atoms with van der Waals surface area (Å²) in [6.45, 7) is 0.803. The highest BCUT2D eigenvalue weighted by molar-refractivity contribution is 6.31. The zero-order chi connectivity index (χ0) is 13.9. The molecule has 0 spiro atoms. The van der Waals surface area contributed by atoms with Gasteiger partial charge in [0.05, 0.1) is 0 Å². The van der Waals surface area contributed by atoms with Crippen molar-refractivity contribution in [1.29, 1.82) is 0 Å². The molecule has 1 aliphatic carbocycles. The van der Waals surface area contributed by atoms with Crippen molar-refractivity contribution in [1.82, 2.24) is 5.32 Å². The Morgan fingerprint density at radius 2 is 1.65 bits per heavy atom. The van der Waals surface area contributed by atoms with Crippen LogP contribution in [-0.2, 0) is 19.4 Å². The summed E-state index contributed by atoms with van der Waals surface area (Å²) in [6, 6.07) is 13.2. The van der Waals surface area contributed by atoms with Crippen LogP contribution in [0.25, 0.3) is 11.1 Å². The van der Waals surface area contributed by atoms with Crippen LogP contribution >= 0.6 is 11.6 Å². The molecule has 1 aliphatic rings. The lowest BCUT2D eigenvalue weighted by Crippen LogP contribution is -2.05. The van der Waals surface area contributed by atoms with E-state index in [1.165, 1.54) is 47.9 Å². The quantitative estimate of drug-likeness (QED) is 0.869. The molecule has 104 valence electrons. The van der Waals surface area contributed by atoms with Gasteiger partial charge in [-0.05, 0) is 72.7 Å². The monoisotopic (exact) mass is 285 g/mol. The average Bonchev–Trinajstić information content (AvgIpc) is 2.49. The second-order valence-corrected chi connectivity index (χ2v) is 5.93. The van der Waals surface area contributed by atoms with Gasteiger partial charge in [0, 0.05) is 11.6 Å². The van der Waals surface area contributed by atoms with Crippen LogP contribution in [0.15, 0.2) is 36.4 Å². The molecule has 0 amide bonds. The van der Waals surface area contributed by atoms with Crippen molar-refractivity contribution in [2.24, 2.45) is 0 Å². The van der Waals surface area contributed by atoms with E-state index in [2.05, 4.69) is 35.6 Å². The van der Waals surface area contributed by atoms with Gasteiger partial charge in [0.15, 0.2) is 0 Å². The Hall–Kier alpha value is -1.31. The second-order valence-electron chi connectivity index (χ2n) is 5.53. The van der Waals surface area contributed by atoms with Gasteiger partial charge < -0.3 is 5.32 Å². The third-order valence-corrected chi connectivity index (χ3v) is 4.46. The Labute approximate surface area is 126 Å². The molecule has 1 nitrogen and oxygen atoms in total. The molecule has 20 heavy (non-hydrogen) atoms. The van der Waals surface area contributed by atoms with Crippen LogP contribution < -0.4 is 5.32 Å². The molecule has 3 rings (SSSR count). The van der Waals surface area contributed by atoms with Crippen molar-refractivity contribution >= 4 is 11.6 Å². The van der Waals surface area contributed by atoms with Crippen LogP contribution in [0.3, 0.4) is 0 Å². The standard InChI is InChI=1S/C18H20ClN/c1-20-12-17-11-16(8-9-18(17)19)15-7-6-13-4-2-3-5-14(13)10-15/h6-11,20H,2-5,12H2,1H3. The molecule has 0 aromatic heterocycles. The first-order valence-corrected chi connectivity index (χ1v) is 7.71. The Bertz CT molecular complexity index is 619. The van der Waals surface area contributed by atoms with Crippen molar-refractivity contribution in [3.63, 3.8) is 0 Å². The van der Waals surface area contributed by atoms with E-state index in [1.807, 2.05) is 13.1 Å². The summed E-state index contributed by atoms with van der Waals surface area (Å²) >= 11 is 6.24. The second kappa shape index (κ2) is 5.99. The van der Waals surface area contributed by atoms with E-state index < -0.39 is 0 Å². The molecule has 0 saturated heterocycles. The molecular weight excluding hydrogens is 266 g/mol. The van der Waals surface area contributed by atoms with Crippen molar-refractivity contribution in [2.75, 3.05) is 7.05 Å². The van der Waals surface area contributed by atoms with Gasteiger partial charge in [-0.3, -0.25) is 0 Å². The molecule has 0 aliphatic heterocycles. The van der Waals surface area contributed by atoms with E-state index in [0.29, 0.717) is 0 Å². The predicted molar refractivity (Wildman–Crippen MR) is 86.3 cm³/mol. The molecule has 0 saturated carbocycles. The summed E-state index contributed by atoms with van der Waals surface area (Å²) in [7, 11) is 1.95. The number of aryl methyl sites for hydroxylation is 2. The molecule has 2 aromatic rings. The number of rotatable bonds is 3. The summed E-state index contributed by atoms with van der Waals surface area (Å²) in [5.74, 6) is 0. The highest BCUT2D eigenvalue weighted by Gasteiger charge is 2.11. The molecular formula is C18H20ClN. The molecule has 1 N–H and O–H groups in total. The molecule has 0 bridgehead atoms. The smallest absolute Gasteiger partial charge is 0.0451 e. The molecule has 0 atom stereocenters. The van der Waals surface area contributed by atoms with E-state index in [1.54, 1.807) is 0 Å². The average molecular weight is 286 g/mol. The minimum Gasteiger partial charge on any atom is -0.316 e. The summed E-state index contributed by atoms with van der Waals surface area (Å²) < 4.78 is 0. The maximum Gasteiger partial charge on any atom is 0.0451 e. The number of benzene rings is 2. The highest BCUT2D eigenvalue weighted by Crippen LogP contribution is 2.29. The normalized spacial score (nSPS) is 14.1. The third-order valence-electron chi connectivity index (χ3n) is 4.09. The first-order valence-electron chi connectivity index (χ1n) is 7.33. The zero-order valence-corrected chi connectivity index (χ0v) is 12.6. The number of fused-ring (bicyclic) bond motifs is 1. The van der Waals surface area contributed by atoms with Crippen LogP contribution in [0.5, 0.6) is 0 Å². The maximum atomic E-state index is 6.24. The molecule has 2 heteroatoms. The fourth-order valence-corrected chi connectivity index (χ4v) is 3.18. The fourth-order valence-electron chi connectivity index (χ4n) is 2.99. The first-order chi connectivity index (χ1) is 9.78. The van der Waals surface area contributed by atoms with Crippen molar-refractivity contribution in [3.05, 3.63) is 58.1 Å². The van der Waals surface area contributed by atoms with Crippen LogP contribution in [0.2, 0.25) is 5.02 Å². The minimum atomic E-state index is 0.803. The first kappa shape index (κ1) is 13.7. The lowest BCUT2D eigenvalue weighted by atomic mass is 9.89. The van der Waals surface area contributed by atoms with Gasteiger partial charge in [0.25, 0.3) is 0 Å². The van der Waals surface area contributed by atoms with Crippen molar-refractivity contribution in [3.8, 4) is 11.1 Å². The van der Waals surface area contributed by atoms with E-state index in [4.69, 9.17) is 11.6 Å². The third kappa shape index (κ3) is 2.74. The summed E-state index contributed by atoms with van der Waals surface area (Å²) in [5, 5.41) is 4.00. The van der Waals surface area contributed by atoms with Gasteiger partial charge in [0.2, 0.25) is 0 Å². The van der Waals surface area contributed by atoms with Gasteiger partial charge in [-0.1, -0.05) is 35.9 Å². The summed E-state index contributed by atoms with van der Waals surface area (Å²) in [5.41, 5.74) is 6.78. The van der Waals surface area contributed by atoms with Crippen molar-refractivity contribution < 1.29 is 0 Å². The van der Waals surface area contributed by atoms with Crippen LogP contribution in [0.4, 0.5) is 0 Å².